The monoisotopic (exact) mass is 376 g/mol. The lowest BCUT2D eigenvalue weighted by Crippen LogP contribution is -2.41. The van der Waals surface area contributed by atoms with E-state index in [0.717, 1.165) is 9.13 Å². The van der Waals surface area contributed by atoms with Gasteiger partial charge in [-0.2, -0.15) is 0 Å². The Morgan fingerprint density at radius 1 is 1.37 bits per heavy atom. The van der Waals surface area contributed by atoms with Crippen LogP contribution in [0.25, 0.3) is 0 Å². The Hall–Kier alpha value is -0.620. The van der Waals surface area contributed by atoms with E-state index >= 15 is 0 Å². The number of ether oxygens (including phenoxy) is 1. The van der Waals surface area contributed by atoms with Gasteiger partial charge in [0.05, 0.1) is 12.5 Å². The highest BCUT2D eigenvalue weighted by molar-refractivity contribution is 14.1. The SMILES string of the molecule is CCOC(=O)C(C(C)C)C(C)(O)c1ccc(I)cc1. The van der Waals surface area contributed by atoms with Crippen molar-refractivity contribution in [2.45, 2.75) is 33.3 Å². The highest BCUT2D eigenvalue weighted by Crippen LogP contribution is 2.35. The standard InChI is InChI=1S/C15H21IO3/c1-5-19-14(17)13(10(2)3)15(4,18)11-6-8-12(16)9-7-11/h6-10,13,18H,5H2,1-4H3. The number of carbonyl (C=O) groups excluding carboxylic acids is 1. The Labute approximate surface area is 128 Å². The molecule has 4 heteroatoms. The average Bonchev–Trinajstić information content (AvgIpc) is 2.28. The van der Waals surface area contributed by atoms with Gasteiger partial charge < -0.3 is 9.84 Å². The molecular weight excluding hydrogens is 355 g/mol. The molecule has 1 aromatic rings. The topological polar surface area (TPSA) is 46.5 Å². The Kier molecular flexibility index (Phi) is 5.80. The molecule has 0 bridgehead atoms. The second-order valence-corrected chi connectivity index (χ2v) is 6.37. The first-order valence-electron chi connectivity index (χ1n) is 6.45. The summed E-state index contributed by atoms with van der Waals surface area (Å²) in [6.07, 6.45) is 0. The van der Waals surface area contributed by atoms with E-state index in [9.17, 15) is 9.90 Å². The van der Waals surface area contributed by atoms with Gasteiger partial charge in [-0.1, -0.05) is 26.0 Å². The third kappa shape index (κ3) is 3.92. The fraction of sp³-hybridized carbons (Fsp3) is 0.533. The number of halogens is 1. The Bertz CT molecular complexity index is 424. The molecule has 2 atom stereocenters. The molecule has 0 aliphatic heterocycles. The maximum Gasteiger partial charge on any atom is 0.312 e. The van der Waals surface area contributed by atoms with Gasteiger partial charge in [-0.05, 0) is 60.1 Å². The van der Waals surface area contributed by atoms with Crippen molar-refractivity contribution >= 4 is 28.6 Å². The second-order valence-electron chi connectivity index (χ2n) is 5.13. The molecule has 0 spiro atoms. The van der Waals surface area contributed by atoms with Crippen LogP contribution in [0, 0.1) is 15.4 Å². The van der Waals surface area contributed by atoms with Crippen molar-refractivity contribution < 1.29 is 14.6 Å². The van der Waals surface area contributed by atoms with Crippen LogP contribution in [-0.4, -0.2) is 17.7 Å². The Balaban J connectivity index is 3.12. The molecule has 0 radical (unpaired) electrons. The molecule has 0 saturated carbocycles. The smallest absolute Gasteiger partial charge is 0.312 e. The van der Waals surface area contributed by atoms with E-state index in [0.29, 0.717) is 6.61 Å². The van der Waals surface area contributed by atoms with Gasteiger partial charge in [-0.25, -0.2) is 0 Å². The zero-order valence-electron chi connectivity index (χ0n) is 11.8. The van der Waals surface area contributed by atoms with Crippen LogP contribution in [0.3, 0.4) is 0 Å². The van der Waals surface area contributed by atoms with Crippen LogP contribution in [0.15, 0.2) is 24.3 Å². The molecular formula is C15H21IO3. The number of rotatable bonds is 5. The minimum Gasteiger partial charge on any atom is -0.466 e. The van der Waals surface area contributed by atoms with Crippen LogP contribution in [-0.2, 0) is 15.1 Å². The van der Waals surface area contributed by atoms with Crippen LogP contribution in [0.1, 0.15) is 33.3 Å². The summed E-state index contributed by atoms with van der Waals surface area (Å²) in [5.41, 5.74) is -0.496. The van der Waals surface area contributed by atoms with Crippen LogP contribution >= 0.6 is 22.6 Å². The summed E-state index contributed by atoms with van der Waals surface area (Å²) < 4.78 is 6.19. The quantitative estimate of drug-likeness (QED) is 0.634. The van der Waals surface area contributed by atoms with E-state index in [1.165, 1.54) is 0 Å². The van der Waals surface area contributed by atoms with Crippen molar-refractivity contribution in [1.82, 2.24) is 0 Å². The summed E-state index contributed by atoms with van der Waals surface area (Å²) in [5.74, 6) is -0.929. The predicted molar refractivity (Wildman–Crippen MR) is 83.7 cm³/mol. The average molecular weight is 376 g/mol. The maximum absolute atomic E-state index is 12.1. The zero-order valence-corrected chi connectivity index (χ0v) is 14.0. The summed E-state index contributed by atoms with van der Waals surface area (Å²) >= 11 is 2.21. The predicted octanol–water partition coefficient (Wildman–Crippen LogP) is 3.33. The molecule has 106 valence electrons. The van der Waals surface area contributed by atoms with Crippen molar-refractivity contribution in [3.05, 3.63) is 33.4 Å². The van der Waals surface area contributed by atoms with Gasteiger partial charge in [0.25, 0.3) is 0 Å². The van der Waals surface area contributed by atoms with Crippen molar-refractivity contribution in [3.8, 4) is 0 Å². The third-order valence-corrected chi connectivity index (χ3v) is 3.96. The fourth-order valence-electron chi connectivity index (χ4n) is 2.35. The molecule has 2 unspecified atom stereocenters. The lowest BCUT2D eigenvalue weighted by molar-refractivity contribution is -0.161. The largest absolute Gasteiger partial charge is 0.466 e. The summed E-state index contributed by atoms with van der Waals surface area (Å²) in [6.45, 7) is 7.61. The van der Waals surface area contributed by atoms with Gasteiger partial charge in [0.15, 0.2) is 0 Å². The minimum absolute atomic E-state index is 0.00618. The molecule has 1 rings (SSSR count). The van der Waals surface area contributed by atoms with Crippen LogP contribution in [0.2, 0.25) is 0 Å². The summed E-state index contributed by atoms with van der Waals surface area (Å²) in [6, 6.07) is 7.56. The van der Waals surface area contributed by atoms with Crippen molar-refractivity contribution in [3.63, 3.8) is 0 Å². The number of hydrogen-bond donors (Lipinski definition) is 1. The van der Waals surface area contributed by atoms with Crippen LogP contribution < -0.4 is 0 Å². The van der Waals surface area contributed by atoms with Crippen LogP contribution in [0.4, 0.5) is 0 Å². The van der Waals surface area contributed by atoms with E-state index in [1.807, 2.05) is 38.1 Å². The van der Waals surface area contributed by atoms with Gasteiger partial charge in [0.1, 0.15) is 5.60 Å². The number of benzene rings is 1. The van der Waals surface area contributed by atoms with E-state index in [1.54, 1.807) is 13.8 Å². The molecule has 0 heterocycles. The van der Waals surface area contributed by atoms with Gasteiger partial charge in [-0.15, -0.1) is 0 Å². The summed E-state index contributed by atoms with van der Waals surface area (Å²) in [4.78, 5) is 12.1. The number of aliphatic hydroxyl groups is 1. The molecule has 0 aliphatic rings. The van der Waals surface area contributed by atoms with Crippen LogP contribution in [0.5, 0.6) is 0 Å². The number of carbonyl (C=O) groups is 1. The lowest BCUT2D eigenvalue weighted by Gasteiger charge is -2.34. The minimum atomic E-state index is -1.23. The van der Waals surface area contributed by atoms with Crippen molar-refractivity contribution in [2.75, 3.05) is 6.61 Å². The van der Waals surface area contributed by atoms with E-state index in [2.05, 4.69) is 22.6 Å². The molecule has 0 fully saturated rings. The van der Waals surface area contributed by atoms with Gasteiger partial charge >= 0.3 is 5.97 Å². The molecule has 1 N–H and O–H groups in total. The summed E-state index contributed by atoms with van der Waals surface area (Å²) in [7, 11) is 0. The first kappa shape index (κ1) is 16.4. The Morgan fingerprint density at radius 2 is 1.89 bits per heavy atom. The molecule has 0 aromatic heterocycles. The van der Waals surface area contributed by atoms with Gasteiger partial charge in [0.2, 0.25) is 0 Å². The third-order valence-electron chi connectivity index (χ3n) is 3.24. The van der Waals surface area contributed by atoms with Gasteiger partial charge in [-0.3, -0.25) is 4.79 Å². The zero-order chi connectivity index (χ0) is 14.6. The maximum atomic E-state index is 12.1. The highest BCUT2D eigenvalue weighted by Gasteiger charge is 2.41. The molecule has 3 nitrogen and oxygen atoms in total. The van der Waals surface area contributed by atoms with Gasteiger partial charge in [0, 0.05) is 3.57 Å². The molecule has 1 aromatic carbocycles. The first-order chi connectivity index (χ1) is 8.80. The second kappa shape index (κ2) is 6.70. The first-order valence-corrected chi connectivity index (χ1v) is 7.53. The normalized spacial score (nSPS) is 15.9. The molecule has 0 amide bonds. The van der Waals surface area contributed by atoms with E-state index in [-0.39, 0.29) is 11.9 Å². The van der Waals surface area contributed by atoms with Crippen molar-refractivity contribution in [1.29, 1.82) is 0 Å². The lowest BCUT2D eigenvalue weighted by atomic mass is 9.76. The van der Waals surface area contributed by atoms with E-state index < -0.39 is 11.5 Å². The number of hydrogen-bond acceptors (Lipinski definition) is 3. The highest BCUT2D eigenvalue weighted by atomic mass is 127. The fourth-order valence-corrected chi connectivity index (χ4v) is 2.71. The van der Waals surface area contributed by atoms with E-state index in [4.69, 9.17) is 4.74 Å². The molecule has 19 heavy (non-hydrogen) atoms. The molecule has 0 aliphatic carbocycles. The molecule has 0 saturated heterocycles. The van der Waals surface area contributed by atoms with Crippen molar-refractivity contribution in [2.24, 2.45) is 11.8 Å². The summed E-state index contributed by atoms with van der Waals surface area (Å²) in [5, 5.41) is 10.8. The Morgan fingerprint density at radius 3 is 2.32 bits per heavy atom. The number of esters is 1.